The van der Waals surface area contributed by atoms with Gasteiger partial charge in [0.05, 0.1) is 12.6 Å². The summed E-state index contributed by atoms with van der Waals surface area (Å²) in [5, 5.41) is 2.30. The first-order chi connectivity index (χ1) is 15.9. The van der Waals surface area contributed by atoms with Gasteiger partial charge in [0.25, 0.3) is 11.8 Å². The summed E-state index contributed by atoms with van der Waals surface area (Å²) in [6.07, 6.45) is 3.76. The zero-order chi connectivity index (χ0) is 23.1. The van der Waals surface area contributed by atoms with Crippen molar-refractivity contribution in [3.05, 3.63) is 71.0 Å². The Balaban J connectivity index is 1.42. The van der Waals surface area contributed by atoms with E-state index in [0.29, 0.717) is 34.8 Å². The molecule has 10 nitrogen and oxygen atoms in total. The Morgan fingerprint density at radius 1 is 1.15 bits per heavy atom. The minimum Gasteiger partial charge on any atom is -0.440 e. The van der Waals surface area contributed by atoms with Gasteiger partial charge < -0.3 is 15.1 Å². The number of carbonyl (C=O) groups is 4. The van der Waals surface area contributed by atoms with Crippen molar-refractivity contribution in [3.63, 3.8) is 0 Å². The first-order valence-electron chi connectivity index (χ1n) is 10.4. The second-order valence-electron chi connectivity index (χ2n) is 7.90. The average molecular weight is 445 g/mol. The van der Waals surface area contributed by atoms with Crippen molar-refractivity contribution in [2.45, 2.75) is 31.8 Å². The van der Waals surface area contributed by atoms with Gasteiger partial charge in [0.2, 0.25) is 11.8 Å². The van der Waals surface area contributed by atoms with Crippen molar-refractivity contribution in [3.8, 4) is 11.3 Å². The molecule has 1 aromatic carbocycles. The van der Waals surface area contributed by atoms with Crippen molar-refractivity contribution in [2.24, 2.45) is 5.73 Å². The number of pyridine rings is 1. The maximum atomic E-state index is 13.0. The summed E-state index contributed by atoms with van der Waals surface area (Å²) in [4.78, 5) is 58.2. The lowest BCUT2D eigenvalue weighted by atomic mass is 10.0. The number of amides is 4. The van der Waals surface area contributed by atoms with E-state index in [1.54, 1.807) is 30.5 Å². The Morgan fingerprint density at radius 2 is 1.97 bits per heavy atom. The molecule has 1 unspecified atom stereocenters. The smallest absolute Gasteiger partial charge is 0.267 e. The summed E-state index contributed by atoms with van der Waals surface area (Å²) in [7, 11) is 0. The monoisotopic (exact) mass is 445 g/mol. The fraction of sp³-hybridized carbons (Fsp3) is 0.217. The van der Waals surface area contributed by atoms with Gasteiger partial charge in [0.1, 0.15) is 11.7 Å². The van der Waals surface area contributed by atoms with Crippen LogP contribution in [-0.4, -0.2) is 44.5 Å². The number of nitrogens with one attached hydrogen (secondary N) is 1. The second kappa shape index (κ2) is 7.97. The van der Waals surface area contributed by atoms with Crippen molar-refractivity contribution < 1.29 is 23.6 Å². The molecule has 0 bridgehead atoms. The van der Waals surface area contributed by atoms with Gasteiger partial charge in [-0.2, -0.15) is 0 Å². The third kappa shape index (κ3) is 3.65. The van der Waals surface area contributed by atoms with E-state index < -0.39 is 17.9 Å². The molecule has 0 radical (unpaired) electrons. The quantitative estimate of drug-likeness (QED) is 0.560. The lowest BCUT2D eigenvalue weighted by molar-refractivity contribution is -0.136. The van der Waals surface area contributed by atoms with Crippen LogP contribution in [0.3, 0.4) is 0 Å². The molecule has 3 aromatic rings. The molecule has 2 aliphatic heterocycles. The molecule has 5 rings (SSSR count). The molecule has 1 saturated heterocycles. The topological polar surface area (TPSA) is 148 Å². The van der Waals surface area contributed by atoms with E-state index in [0.717, 1.165) is 5.56 Å². The van der Waals surface area contributed by atoms with Crippen LogP contribution < -0.4 is 11.1 Å². The Hall–Kier alpha value is -4.34. The van der Waals surface area contributed by atoms with Crippen molar-refractivity contribution >= 4 is 23.6 Å². The van der Waals surface area contributed by atoms with Crippen LogP contribution in [0.15, 0.2) is 47.1 Å². The van der Waals surface area contributed by atoms with Crippen LogP contribution in [0, 0.1) is 0 Å². The van der Waals surface area contributed by atoms with Crippen molar-refractivity contribution in [1.29, 1.82) is 0 Å². The summed E-state index contributed by atoms with van der Waals surface area (Å²) in [5.74, 6) is -0.859. The SMILES string of the molecule is NC(=O)c1ncccc1Cc1ncc(-c2cccc3c2CN(C2CCC(=O)NC2=O)C3=O)o1. The minimum atomic E-state index is -0.696. The molecule has 1 fully saturated rings. The van der Waals surface area contributed by atoms with E-state index in [1.165, 1.54) is 11.1 Å². The highest BCUT2D eigenvalue weighted by Gasteiger charge is 2.40. The predicted octanol–water partition coefficient (Wildman–Crippen LogP) is 1.19. The lowest BCUT2D eigenvalue weighted by Crippen LogP contribution is -2.52. The van der Waals surface area contributed by atoms with Gasteiger partial charge in [0, 0.05) is 30.3 Å². The number of nitrogens with zero attached hydrogens (tertiary/aromatic N) is 3. The zero-order valence-corrected chi connectivity index (χ0v) is 17.4. The molecule has 33 heavy (non-hydrogen) atoms. The van der Waals surface area contributed by atoms with Gasteiger partial charge in [-0.3, -0.25) is 29.5 Å². The highest BCUT2D eigenvalue weighted by molar-refractivity contribution is 6.06. The maximum Gasteiger partial charge on any atom is 0.267 e. The molecule has 0 spiro atoms. The first-order valence-corrected chi connectivity index (χ1v) is 10.4. The van der Waals surface area contributed by atoms with Crippen molar-refractivity contribution in [1.82, 2.24) is 20.2 Å². The number of hydrogen-bond donors (Lipinski definition) is 2. The van der Waals surface area contributed by atoms with Gasteiger partial charge in [-0.15, -0.1) is 0 Å². The summed E-state index contributed by atoms with van der Waals surface area (Å²) in [5.41, 5.74) is 8.05. The Labute approximate surface area is 187 Å². The minimum absolute atomic E-state index is 0.156. The fourth-order valence-electron chi connectivity index (χ4n) is 4.30. The summed E-state index contributed by atoms with van der Waals surface area (Å²) in [6, 6.07) is 8.01. The summed E-state index contributed by atoms with van der Waals surface area (Å²) >= 11 is 0. The highest BCUT2D eigenvalue weighted by Crippen LogP contribution is 2.35. The molecule has 0 saturated carbocycles. The third-order valence-electron chi connectivity index (χ3n) is 5.87. The van der Waals surface area contributed by atoms with Gasteiger partial charge in [-0.25, -0.2) is 4.98 Å². The van der Waals surface area contributed by atoms with Crippen LogP contribution in [0.25, 0.3) is 11.3 Å². The highest BCUT2D eigenvalue weighted by atomic mass is 16.4. The summed E-state index contributed by atoms with van der Waals surface area (Å²) < 4.78 is 5.94. The molecule has 4 amide bonds. The fourth-order valence-corrected chi connectivity index (χ4v) is 4.30. The van der Waals surface area contributed by atoms with Crippen LogP contribution in [0.1, 0.15) is 50.7 Å². The third-order valence-corrected chi connectivity index (χ3v) is 5.87. The van der Waals surface area contributed by atoms with E-state index in [9.17, 15) is 19.2 Å². The number of aromatic nitrogens is 2. The Kier molecular flexibility index (Phi) is 4.97. The Morgan fingerprint density at radius 3 is 2.76 bits per heavy atom. The van der Waals surface area contributed by atoms with E-state index >= 15 is 0 Å². The number of carbonyl (C=O) groups excluding carboxylic acids is 4. The van der Waals surface area contributed by atoms with Gasteiger partial charge >= 0.3 is 0 Å². The Bertz CT molecular complexity index is 1310. The van der Waals surface area contributed by atoms with Crippen molar-refractivity contribution in [2.75, 3.05) is 0 Å². The van der Waals surface area contributed by atoms with E-state index in [-0.39, 0.29) is 36.9 Å². The number of hydrogen-bond acceptors (Lipinski definition) is 7. The van der Waals surface area contributed by atoms with Gasteiger partial charge in [-0.05, 0) is 29.7 Å². The number of piperidine rings is 1. The van der Waals surface area contributed by atoms with Crippen LogP contribution in [-0.2, 0) is 22.6 Å². The van der Waals surface area contributed by atoms with Gasteiger partial charge in [0.15, 0.2) is 11.7 Å². The molecule has 2 aliphatic rings. The molecule has 4 heterocycles. The number of nitrogens with two attached hydrogens (primary N) is 1. The largest absolute Gasteiger partial charge is 0.440 e. The molecule has 1 atom stereocenters. The average Bonchev–Trinajstić information content (AvgIpc) is 3.39. The normalized spacial score (nSPS) is 17.8. The van der Waals surface area contributed by atoms with E-state index in [4.69, 9.17) is 10.2 Å². The number of rotatable bonds is 5. The van der Waals surface area contributed by atoms with Gasteiger partial charge in [-0.1, -0.05) is 18.2 Å². The molecular weight excluding hydrogens is 426 g/mol. The number of benzene rings is 1. The van der Waals surface area contributed by atoms with E-state index in [2.05, 4.69) is 15.3 Å². The molecule has 166 valence electrons. The summed E-state index contributed by atoms with van der Waals surface area (Å²) in [6.45, 7) is 0.223. The second-order valence-corrected chi connectivity index (χ2v) is 7.90. The molecule has 3 N–H and O–H groups in total. The standard InChI is InChI=1S/C23H19N5O5/c24-21(30)20-12(3-2-8-25-20)9-19-26-10-17(33-19)13-4-1-5-14-15(13)11-28(23(14)32)16-6-7-18(29)27-22(16)31/h1-5,8,10,16H,6-7,9,11H2,(H2,24,30)(H,27,29,31). The van der Waals surface area contributed by atoms with Crippen LogP contribution in [0.2, 0.25) is 0 Å². The predicted molar refractivity (Wildman–Crippen MR) is 114 cm³/mol. The van der Waals surface area contributed by atoms with Crippen LogP contribution in [0.4, 0.5) is 0 Å². The molecule has 0 aliphatic carbocycles. The van der Waals surface area contributed by atoms with Crippen LogP contribution in [0.5, 0.6) is 0 Å². The molecule has 2 aromatic heterocycles. The lowest BCUT2D eigenvalue weighted by Gasteiger charge is -2.29. The number of imide groups is 1. The van der Waals surface area contributed by atoms with E-state index in [1.807, 2.05) is 6.07 Å². The maximum absolute atomic E-state index is 13.0. The van der Waals surface area contributed by atoms with Crippen LogP contribution >= 0.6 is 0 Å². The molecule has 10 heteroatoms. The number of primary amides is 1. The molecular formula is C23H19N5O5. The zero-order valence-electron chi connectivity index (χ0n) is 17.4. The number of fused-ring (bicyclic) bond motifs is 1. The first kappa shape index (κ1) is 20.6. The number of oxazole rings is 1.